The summed E-state index contributed by atoms with van der Waals surface area (Å²) in [4.78, 5) is 22.0. The van der Waals surface area contributed by atoms with Crippen molar-refractivity contribution in [3.63, 3.8) is 0 Å². The first-order valence-corrected chi connectivity index (χ1v) is 4.86. The number of nitrogens with one attached hydrogen (secondary N) is 1. The topological polar surface area (TPSA) is 66.4 Å². The van der Waals surface area contributed by atoms with E-state index < -0.39 is 17.8 Å². The lowest BCUT2D eigenvalue weighted by Gasteiger charge is -2.09. The van der Waals surface area contributed by atoms with Crippen LogP contribution in [0.1, 0.15) is 18.0 Å². The van der Waals surface area contributed by atoms with E-state index in [0.717, 1.165) is 5.56 Å². The number of amides is 1. The molecule has 0 aromatic heterocycles. The van der Waals surface area contributed by atoms with Crippen molar-refractivity contribution in [2.24, 2.45) is 5.92 Å². The third kappa shape index (κ3) is 1.88. The van der Waals surface area contributed by atoms with Crippen LogP contribution in [0.2, 0.25) is 0 Å². The Hall–Kier alpha value is -1.91. The van der Waals surface area contributed by atoms with E-state index in [1.165, 1.54) is 12.1 Å². The standard InChI is InChI=1S/C11H10FNO3/c12-7-3-1-6(2-4-7)9-5-8(11(15)16)10(14)13-9/h1-4,8-9H,5H2,(H,13,14)(H,15,16). The number of aliphatic carboxylic acids is 1. The van der Waals surface area contributed by atoms with Crippen molar-refractivity contribution in [3.8, 4) is 0 Å². The number of benzene rings is 1. The molecule has 2 rings (SSSR count). The van der Waals surface area contributed by atoms with Crippen LogP contribution in [0.15, 0.2) is 24.3 Å². The Labute approximate surface area is 91.1 Å². The molecule has 5 heteroatoms. The van der Waals surface area contributed by atoms with Gasteiger partial charge in [0.25, 0.3) is 0 Å². The predicted octanol–water partition coefficient (Wildman–Crippen LogP) is 1.09. The van der Waals surface area contributed by atoms with Gasteiger partial charge >= 0.3 is 5.97 Å². The van der Waals surface area contributed by atoms with E-state index in [-0.39, 0.29) is 18.3 Å². The van der Waals surface area contributed by atoms with Gasteiger partial charge in [0.2, 0.25) is 5.91 Å². The molecule has 84 valence electrons. The van der Waals surface area contributed by atoms with E-state index in [1.807, 2.05) is 0 Å². The fourth-order valence-corrected chi connectivity index (χ4v) is 1.80. The molecule has 4 nitrogen and oxygen atoms in total. The highest BCUT2D eigenvalue weighted by atomic mass is 19.1. The first-order chi connectivity index (χ1) is 7.58. The zero-order chi connectivity index (χ0) is 11.7. The summed E-state index contributed by atoms with van der Waals surface area (Å²) in [6, 6.07) is 5.33. The highest BCUT2D eigenvalue weighted by molar-refractivity contribution is 5.98. The molecule has 1 saturated heterocycles. The highest BCUT2D eigenvalue weighted by Crippen LogP contribution is 2.28. The van der Waals surface area contributed by atoms with E-state index >= 15 is 0 Å². The molecule has 1 fully saturated rings. The fraction of sp³-hybridized carbons (Fsp3) is 0.273. The van der Waals surface area contributed by atoms with Crippen LogP contribution in [0.4, 0.5) is 4.39 Å². The van der Waals surface area contributed by atoms with Gasteiger partial charge in [-0.3, -0.25) is 9.59 Å². The molecular formula is C11H10FNO3. The maximum atomic E-state index is 12.7. The Kier molecular flexibility index (Phi) is 2.60. The normalized spacial score (nSPS) is 24.2. The van der Waals surface area contributed by atoms with Crippen LogP contribution < -0.4 is 5.32 Å². The minimum absolute atomic E-state index is 0.208. The number of carbonyl (C=O) groups is 2. The molecule has 0 spiro atoms. The van der Waals surface area contributed by atoms with E-state index in [4.69, 9.17) is 5.11 Å². The number of carboxylic acid groups (broad SMARTS) is 1. The average molecular weight is 223 g/mol. The van der Waals surface area contributed by atoms with Crippen molar-refractivity contribution in [2.45, 2.75) is 12.5 Å². The second-order valence-corrected chi connectivity index (χ2v) is 3.74. The summed E-state index contributed by atoms with van der Waals surface area (Å²) in [7, 11) is 0. The average Bonchev–Trinajstić information content (AvgIpc) is 2.61. The van der Waals surface area contributed by atoms with Crippen molar-refractivity contribution in [1.82, 2.24) is 5.32 Å². The predicted molar refractivity (Wildman–Crippen MR) is 53.0 cm³/mol. The molecule has 1 aliphatic rings. The minimum atomic E-state index is -1.12. The number of rotatable bonds is 2. The van der Waals surface area contributed by atoms with Gasteiger partial charge in [0.1, 0.15) is 11.7 Å². The minimum Gasteiger partial charge on any atom is -0.481 e. The fourth-order valence-electron chi connectivity index (χ4n) is 1.80. The quantitative estimate of drug-likeness (QED) is 0.737. The largest absolute Gasteiger partial charge is 0.481 e. The van der Waals surface area contributed by atoms with E-state index in [2.05, 4.69) is 5.32 Å². The van der Waals surface area contributed by atoms with Crippen molar-refractivity contribution >= 4 is 11.9 Å². The van der Waals surface area contributed by atoms with Crippen molar-refractivity contribution in [3.05, 3.63) is 35.6 Å². The van der Waals surface area contributed by atoms with Gasteiger partial charge in [0, 0.05) is 0 Å². The Morgan fingerprint density at radius 2 is 2.00 bits per heavy atom. The second-order valence-electron chi connectivity index (χ2n) is 3.74. The summed E-state index contributed by atoms with van der Waals surface area (Å²) in [6.07, 6.45) is 0.208. The summed E-state index contributed by atoms with van der Waals surface area (Å²) < 4.78 is 12.7. The molecule has 1 heterocycles. The van der Waals surface area contributed by atoms with Crippen LogP contribution in [0.3, 0.4) is 0 Å². The van der Waals surface area contributed by atoms with Crippen LogP contribution in [-0.4, -0.2) is 17.0 Å². The SMILES string of the molecule is O=C(O)C1CC(c2ccc(F)cc2)NC1=O. The third-order valence-electron chi connectivity index (χ3n) is 2.67. The summed E-state index contributed by atoms with van der Waals surface area (Å²) in [5, 5.41) is 11.4. The number of carboxylic acids is 1. The maximum absolute atomic E-state index is 12.7. The van der Waals surface area contributed by atoms with Gasteiger partial charge in [-0.15, -0.1) is 0 Å². The Morgan fingerprint density at radius 1 is 1.38 bits per heavy atom. The monoisotopic (exact) mass is 223 g/mol. The van der Waals surface area contributed by atoms with Crippen LogP contribution in [0.25, 0.3) is 0 Å². The van der Waals surface area contributed by atoms with E-state index in [1.54, 1.807) is 12.1 Å². The molecule has 1 aromatic rings. The lowest BCUT2D eigenvalue weighted by atomic mass is 10.00. The van der Waals surface area contributed by atoms with Crippen molar-refractivity contribution in [2.75, 3.05) is 0 Å². The number of hydrogen-bond donors (Lipinski definition) is 2. The van der Waals surface area contributed by atoms with Gasteiger partial charge in [-0.05, 0) is 24.1 Å². The van der Waals surface area contributed by atoms with E-state index in [9.17, 15) is 14.0 Å². The van der Waals surface area contributed by atoms with Crippen molar-refractivity contribution in [1.29, 1.82) is 0 Å². The molecule has 2 unspecified atom stereocenters. The third-order valence-corrected chi connectivity index (χ3v) is 2.67. The smallest absolute Gasteiger partial charge is 0.316 e. The molecular weight excluding hydrogens is 213 g/mol. The summed E-state index contributed by atoms with van der Waals surface area (Å²) >= 11 is 0. The molecule has 1 aliphatic heterocycles. The number of hydrogen-bond acceptors (Lipinski definition) is 2. The van der Waals surface area contributed by atoms with Gasteiger partial charge in [-0.2, -0.15) is 0 Å². The van der Waals surface area contributed by atoms with Gasteiger partial charge < -0.3 is 10.4 Å². The molecule has 1 aromatic carbocycles. The molecule has 1 amide bonds. The van der Waals surface area contributed by atoms with Crippen LogP contribution in [-0.2, 0) is 9.59 Å². The summed E-state index contributed by atoms with van der Waals surface area (Å²) in [6.45, 7) is 0. The van der Waals surface area contributed by atoms with Crippen molar-refractivity contribution < 1.29 is 19.1 Å². The lowest BCUT2D eigenvalue weighted by Crippen LogP contribution is -2.25. The zero-order valence-corrected chi connectivity index (χ0v) is 8.31. The van der Waals surface area contributed by atoms with Gasteiger partial charge in [0.15, 0.2) is 0 Å². The molecule has 2 N–H and O–H groups in total. The molecule has 16 heavy (non-hydrogen) atoms. The van der Waals surface area contributed by atoms with Crippen LogP contribution in [0, 0.1) is 11.7 Å². The second kappa shape index (κ2) is 3.92. The molecule has 0 radical (unpaired) electrons. The van der Waals surface area contributed by atoms with Crippen LogP contribution in [0.5, 0.6) is 0 Å². The first kappa shape index (κ1) is 10.6. The molecule has 0 bridgehead atoms. The van der Waals surface area contributed by atoms with Gasteiger partial charge in [-0.1, -0.05) is 12.1 Å². The molecule has 0 saturated carbocycles. The lowest BCUT2D eigenvalue weighted by molar-refractivity contribution is -0.145. The van der Waals surface area contributed by atoms with E-state index in [0.29, 0.717) is 0 Å². The Bertz CT molecular complexity index is 429. The summed E-state index contributed by atoms with van der Waals surface area (Å²) in [5.41, 5.74) is 0.721. The molecule has 0 aliphatic carbocycles. The maximum Gasteiger partial charge on any atom is 0.316 e. The summed E-state index contributed by atoms with van der Waals surface area (Å²) in [5.74, 6) is -2.97. The first-order valence-electron chi connectivity index (χ1n) is 4.86. The highest BCUT2D eigenvalue weighted by Gasteiger charge is 2.37. The zero-order valence-electron chi connectivity index (χ0n) is 8.31. The van der Waals surface area contributed by atoms with Gasteiger partial charge in [0.05, 0.1) is 6.04 Å². The van der Waals surface area contributed by atoms with Gasteiger partial charge in [-0.25, -0.2) is 4.39 Å². The Morgan fingerprint density at radius 3 is 2.50 bits per heavy atom. The number of halogens is 1. The molecule has 2 atom stereocenters. The number of carbonyl (C=O) groups excluding carboxylic acids is 1. The van der Waals surface area contributed by atoms with Crippen LogP contribution >= 0.6 is 0 Å². The Balaban J connectivity index is 2.16.